The summed E-state index contributed by atoms with van der Waals surface area (Å²) in [6.07, 6.45) is 6.99. The molecule has 8 nitrogen and oxygen atoms in total. The predicted octanol–water partition coefficient (Wildman–Crippen LogP) is 2.94. The van der Waals surface area contributed by atoms with Gasteiger partial charge in [-0.3, -0.25) is 4.79 Å². The third-order valence-corrected chi connectivity index (χ3v) is 5.72. The highest BCUT2D eigenvalue weighted by atomic mass is 16.6. The Morgan fingerprint density at radius 3 is 2.79 bits per heavy atom. The maximum absolute atomic E-state index is 12.8. The van der Waals surface area contributed by atoms with Gasteiger partial charge >= 0.3 is 0 Å². The number of benzene rings is 1. The van der Waals surface area contributed by atoms with E-state index in [1.165, 1.54) is 6.42 Å². The lowest BCUT2D eigenvalue weighted by atomic mass is 10.0. The molecule has 0 radical (unpaired) electrons. The summed E-state index contributed by atoms with van der Waals surface area (Å²) >= 11 is 0. The number of nitrogens with zero attached hydrogens (tertiary/aromatic N) is 4. The van der Waals surface area contributed by atoms with Crippen molar-refractivity contribution in [2.24, 2.45) is 0 Å². The van der Waals surface area contributed by atoms with Gasteiger partial charge in [-0.2, -0.15) is 5.53 Å². The van der Waals surface area contributed by atoms with Crippen LogP contribution in [0.1, 0.15) is 41.6 Å². The number of carbonyl (C=O) groups is 1. The highest BCUT2D eigenvalue weighted by Gasteiger charge is 2.25. The zero-order chi connectivity index (χ0) is 19.1. The Morgan fingerprint density at radius 1 is 1.07 bits per heavy atom. The normalized spacial score (nSPS) is 18.5. The summed E-state index contributed by atoms with van der Waals surface area (Å²) in [6, 6.07) is 7.69. The Kier molecular flexibility index (Phi) is 4.29. The van der Waals surface area contributed by atoms with E-state index >= 15 is 0 Å². The minimum Gasteiger partial charge on any atom is -0.742 e. The van der Waals surface area contributed by atoms with Crippen LogP contribution >= 0.6 is 0 Å². The molecule has 4 heterocycles. The molecule has 0 aliphatic carbocycles. The second-order valence-corrected chi connectivity index (χ2v) is 7.55. The van der Waals surface area contributed by atoms with Gasteiger partial charge in [0, 0.05) is 31.5 Å². The number of nitrogens with one attached hydrogen (secondary N) is 2. The van der Waals surface area contributed by atoms with E-state index in [2.05, 4.69) is 20.8 Å². The van der Waals surface area contributed by atoms with Crippen molar-refractivity contribution in [3.05, 3.63) is 46.8 Å². The molecule has 5 rings (SSSR count). The lowest BCUT2D eigenvalue weighted by Crippen LogP contribution is -2.36. The second kappa shape index (κ2) is 6.96. The monoisotopic (exact) mass is 379 g/mol. The van der Waals surface area contributed by atoms with Crippen molar-refractivity contribution in [3.8, 4) is 0 Å². The first-order valence-electron chi connectivity index (χ1n) is 9.89. The molecule has 0 spiro atoms. The molecule has 1 fully saturated rings. The van der Waals surface area contributed by atoms with Crippen molar-refractivity contribution in [3.63, 3.8) is 0 Å². The molecule has 0 atom stereocenters. The van der Waals surface area contributed by atoms with Crippen LogP contribution in [0.2, 0.25) is 0 Å². The molecular formula is C20H23N6O2-. The first kappa shape index (κ1) is 17.3. The van der Waals surface area contributed by atoms with E-state index in [0.29, 0.717) is 16.4 Å². The molecule has 28 heavy (non-hydrogen) atoms. The Labute approximate surface area is 163 Å². The van der Waals surface area contributed by atoms with Crippen LogP contribution in [0.3, 0.4) is 0 Å². The summed E-state index contributed by atoms with van der Waals surface area (Å²) in [7, 11) is 0. The summed E-state index contributed by atoms with van der Waals surface area (Å²) in [5.74, 6) is 0.988. The van der Waals surface area contributed by atoms with Gasteiger partial charge in [-0.25, -0.2) is 4.98 Å². The quantitative estimate of drug-likeness (QED) is 0.829. The number of fused-ring (bicyclic) bond motifs is 2. The number of hydrogen-bond acceptors (Lipinski definition) is 7. The third kappa shape index (κ3) is 2.94. The fourth-order valence-electron chi connectivity index (χ4n) is 4.25. The number of rotatable bonds is 2. The third-order valence-electron chi connectivity index (χ3n) is 5.72. The van der Waals surface area contributed by atoms with Gasteiger partial charge in [0.15, 0.2) is 0 Å². The average molecular weight is 379 g/mol. The number of piperidine rings is 1. The maximum Gasteiger partial charge on any atom is 0.255 e. The Bertz CT molecular complexity index is 912. The molecule has 8 heteroatoms. The largest absolute Gasteiger partial charge is 0.742 e. The number of aromatic nitrogens is 1. The van der Waals surface area contributed by atoms with Gasteiger partial charge in [0.1, 0.15) is 5.82 Å². The summed E-state index contributed by atoms with van der Waals surface area (Å²) in [5, 5.41) is 12.4. The van der Waals surface area contributed by atoms with E-state index in [4.69, 9.17) is 0 Å². The van der Waals surface area contributed by atoms with Gasteiger partial charge < -0.3 is 25.6 Å². The molecule has 1 saturated heterocycles. The number of hydrogen-bond donors (Lipinski definition) is 2. The molecule has 146 valence electrons. The van der Waals surface area contributed by atoms with E-state index in [1.807, 2.05) is 23.1 Å². The van der Waals surface area contributed by atoms with E-state index in [-0.39, 0.29) is 5.91 Å². The lowest BCUT2D eigenvalue weighted by molar-refractivity contribution is 0.0724. The van der Waals surface area contributed by atoms with Gasteiger partial charge in [-0.05, 0) is 61.9 Å². The molecule has 1 aromatic carbocycles. The van der Waals surface area contributed by atoms with Gasteiger partial charge in [0.05, 0.1) is 16.9 Å². The molecule has 0 bridgehead atoms. The molecule has 1 amide bonds. The zero-order valence-electron chi connectivity index (χ0n) is 15.6. The Hall–Kier alpha value is -2.84. The summed E-state index contributed by atoms with van der Waals surface area (Å²) in [4.78, 5) is 21.6. The molecule has 1 aromatic heterocycles. The summed E-state index contributed by atoms with van der Waals surface area (Å²) < 4.78 is 0. The Morgan fingerprint density at radius 2 is 1.93 bits per heavy atom. The highest BCUT2D eigenvalue weighted by Crippen LogP contribution is 2.37. The molecule has 0 saturated carbocycles. The van der Waals surface area contributed by atoms with Crippen molar-refractivity contribution in [1.29, 1.82) is 0 Å². The fourth-order valence-corrected chi connectivity index (χ4v) is 4.25. The standard InChI is InChI=1S/C20H23N6O2/c27-20(24-8-2-1-3-9-24)15-11-14-5-4-10-25(19(14)21-13-15)16-6-7-18-17(12-16)22-23-26(18)28/h6-7,11-13,22-23H,1-5,8-10H2/q-1. The van der Waals surface area contributed by atoms with Gasteiger partial charge in [-0.1, -0.05) is 0 Å². The van der Waals surface area contributed by atoms with E-state index < -0.39 is 0 Å². The zero-order valence-corrected chi connectivity index (χ0v) is 15.6. The van der Waals surface area contributed by atoms with Crippen molar-refractivity contribution in [2.75, 3.05) is 35.1 Å². The Balaban J connectivity index is 1.43. The number of pyridine rings is 1. The molecule has 0 unspecified atom stereocenters. The van der Waals surface area contributed by atoms with Crippen molar-refractivity contribution >= 4 is 28.8 Å². The topological polar surface area (TPSA) is 86.8 Å². The van der Waals surface area contributed by atoms with Crippen LogP contribution in [-0.2, 0) is 6.42 Å². The lowest BCUT2D eigenvalue weighted by Gasteiger charge is -2.31. The highest BCUT2D eigenvalue weighted by molar-refractivity contribution is 5.94. The van der Waals surface area contributed by atoms with Crippen LogP contribution in [0.25, 0.3) is 0 Å². The van der Waals surface area contributed by atoms with Crippen LogP contribution in [-0.4, -0.2) is 35.4 Å². The second-order valence-electron chi connectivity index (χ2n) is 7.55. The number of hydrazine groups is 2. The number of likely N-dealkylation sites (tertiary alicyclic amines) is 1. The van der Waals surface area contributed by atoms with Gasteiger partial charge in [-0.15, -0.1) is 0 Å². The van der Waals surface area contributed by atoms with E-state index in [0.717, 1.165) is 68.1 Å². The van der Waals surface area contributed by atoms with Crippen molar-refractivity contribution < 1.29 is 4.79 Å². The van der Waals surface area contributed by atoms with Crippen LogP contribution < -0.4 is 21.0 Å². The number of amides is 1. The van der Waals surface area contributed by atoms with Crippen LogP contribution in [0, 0.1) is 5.21 Å². The number of aryl methyl sites for hydroxylation is 1. The molecule has 2 N–H and O–H groups in total. The van der Waals surface area contributed by atoms with Crippen LogP contribution in [0.5, 0.6) is 0 Å². The minimum absolute atomic E-state index is 0.0930. The van der Waals surface area contributed by atoms with Crippen molar-refractivity contribution in [1.82, 2.24) is 15.4 Å². The smallest absolute Gasteiger partial charge is 0.255 e. The predicted molar refractivity (Wildman–Crippen MR) is 108 cm³/mol. The van der Waals surface area contributed by atoms with E-state index in [9.17, 15) is 10.0 Å². The van der Waals surface area contributed by atoms with E-state index in [1.54, 1.807) is 12.3 Å². The molecule has 2 aromatic rings. The summed E-state index contributed by atoms with van der Waals surface area (Å²) in [5.41, 5.74) is 9.50. The fraction of sp³-hybridized carbons (Fsp3) is 0.400. The average Bonchev–Trinajstić information content (AvgIpc) is 3.13. The van der Waals surface area contributed by atoms with Gasteiger partial charge in [0.2, 0.25) is 0 Å². The first-order valence-corrected chi connectivity index (χ1v) is 9.89. The maximum atomic E-state index is 12.8. The number of anilines is 4. The SMILES string of the molecule is O=C(c1cnc2c(c1)CCCN2c1ccc2c(c1)NNN2[O-])N1CCCCC1. The van der Waals surface area contributed by atoms with Crippen LogP contribution in [0.4, 0.5) is 22.9 Å². The first-order chi connectivity index (χ1) is 13.7. The van der Waals surface area contributed by atoms with Gasteiger partial charge in [0.25, 0.3) is 5.91 Å². The molecule has 3 aliphatic heterocycles. The summed E-state index contributed by atoms with van der Waals surface area (Å²) in [6.45, 7) is 2.54. The number of carbonyl (C=O) groups excluding carboxylic acids is 1. The molecule has 3 aliphatic rings. The molecular weight excluding hydrogens is 356 g/mol. The minimum atomic E-state index is 0.0930. The van der Waals surface area contributed by atoms with Crippen molar-refractivity contribution in [2.45, 2.75) is 32.1 Å². The van der Waals surface area contributed by atoms with Crippen LogP contribution in [0.15, 0.2) is 30.5 Å².